The molecular formula is C21H33NO. The Labute approximate surface area is 142 Å². The van der Waals surface area contributed by atoms with Crippen molar-refractivity contribution >= 4 is 6.08 Å². The predicted molar refractivity (Wildman–Crippen MR) is 99.9 cm³/mol. The summed E-state index contributed by atoms with van der Waals surface area (Å²) in [5.74, 6) is 0. The molecule has 1 aromatic rings. The van der Waals surface area contributed by atoms with Crippen LogP contribution in [0.5, 0.6) is 0 Å². The second-order valence-electron chi connectivity index (χ2n) is 7.80. The third-order valence-corrected chi connectivity index (χ3v) is 4.96. The molecule has 0 spiro atoms. The van der Waals surface area contributed by atoms with Crippen molar-refractivity contribution in [2.75, 3.05) is 19.6 Å². The van der Waals surface area contributed by atoms with Gasteiger partial charge in [0.15, 0.2) is 0 Å². The SMILES string of the molecule is CCC(C)(C)c1ccc(C=C(C)CN2CC(C)OC(C)C2)cc1. The van der Waals surface area contributed by atoms with Gasteiger partial charge in [-0.15, -0.1) is 0 Å². The number of benzene rings is 1. The molecule has 0 aliphatic carbocycles. The average molecular weight is 316 g/mol. The molecule has 2 nitrogen and oxygen atoms in total. The van der Waals surface area contributed by atoms with Gasteiger partial charge in [-0.25, -0.2) is 0 Å². The first-order chi connectivity index (χ1) is 10.8. The fraction of sp³-hybridized carbons (Fsp3) is 0.619. The third-order valence-electron chi connectivity index (χ3n) is 4.96. The number of ether oxygens (including phenoxy) is 1. The van der Waals surface area contributed by atoms with E-state index in [1.807, 2.05) is 0 Å². The lowest BCUT2D eigenvalue weighted by molar-refractivity contribution is -0.0652. The van der Waals surface area contributed by atoms with Crippen molar-refractivity contribution in [1.82, 2.24) is 4.90 Å². The van der Waals surface area contributed by atoms with Crippen molar-refractivity contribution in [3.8, 4) is 0 Å². The zero-order valence-corrected chi connectivity index (χ0v) is 15.7. The molecular weight excluding hydrogens is 282 g/mol. The molecule has 1 aromatic carbocycles. The van der Waals surface area contributed by atoms with E-state index in [9.17, 15) is 0 Å². The molecule has 2 rings (SSSR count). The lowest BCUT2D eigenvalue weighted by atomic mass is 9.82. The average Bonchev–Trinajstić information content (AvgIpc) is 2.46. The molecule has 0 saturated carbocycles. The van der Waals surface area contributed by atoms with Gasteiger partial charge in [0.2, 0.25) is 0 Å². The Balaban J connectivity index is 2.00. The van der Waals surface area contributed by atoms with Crippen molar-refractivity contribution in [1.29, 1.82) is 0 Å². The van der Waals surface area contributed by atoms with Crippen LogP contribution in [0.4, 0.5) is 0 Å². The van der Waals surface area contributed by atoms with Crippen LogP contribution in [-0.4, -0.2) is 36.7 Å². The monoisotopic (exact) mass is 315 g/mol. The Morgan fingerprint density at radius 1 is 1.17 bits per heavy atom. The van der Waals surface area contributed by atoms with Gasteiger partial charge >= 0.3 is 0 Å². The summed E-state index contributed by atoms with van der Waals surface area (Å²) in [6.07, 6.45) is 4.14. The molecule has 1 saturated heterocycles. The molecule has 1 aliphatic heterocycles. The van der Waals surface area contributed by atoms with Crippen molar-refractivity contribution in [3.63, 3.8) is 0 Å². The molecule has 2 heteroatoms. The van der Waals surface area contributed by atoms with Crippen LogP contribution in [0.15, 0.2) is 29.8 Å². The van der Waals surface area contributed by atoms with E-state index in [0.29, 0.717) is 12.2 Å². The number of nitrogens with zero attached hydrogens (tertiary/aromatic N) is 1. The minimum atomic E-state index is 0.261. The molecule has 1 heterocycles. The van der Waals surface area contributed by atoms with E-state index in [1.165, 1.54) is 16.7 Å². The Hall–Kier alpha value is -1.12. The minimum absolute atomic E-state index is 0.261. The molecule has 0 bridgehead atoms. The zero-order chi connectivity index (χ0) is 17.0. The molecule has 128 valence electrons. The summed E-state index contributed by atoms with van der Waals surface area (Å²) in [6.45, 7) is 16.5. The lowest BCUT2D eigenvalue weighted by Crippen LogP contribution is -2.45. The quantitative estimate of drug-likeness (QED) is 0.767. The fourth-order valence-electron chi connectivity index (χ4n) is 3.33. The summed E-state index contributed by atoms with van der Waals surface area (Å²) in [5.41, 5.74) is 4.39. The number of morpholine rings is 1. The van der Waals surface area contributed by atoms with E-state index in [1.54, 1.807) is 0 Å². The molecule has 1 fully saturated rings. The molecule has 0 radical (unpaired) electrons. The van der Waals surface area contributed by atoms with Crippen LogP contribution < -0.4 is 0 Å². The third kappa shape index (κ3) is 5.19. The molecule has 0 amide bonds. The Kier molecular flexibility index (Phi) is 6.05. The molecule has 1 aliphatic rings. The molecule has 23 heavy (non-hydrogen) atoms. The Morgan fingerprint density at radius 2 is 1.74 bits per heavy atom. The van der Waals surface area contributed by atoms with Crippen LogP contribution in [0.3, 0.4) is 0 Å². The van der Waals surface area contributed by atoms with Gasteiger partial charge in [-0.3, -0.25) is 4.90 Å². The Morgan fingerprint density at radius 3 is 2.26 bits per heavy atom. The second-order valence-corrected chi connectivity index (χ2v) is 7.80. The van der Waals surface area contributed by atoms with Crippen LogP contribution in [0, 0.1) is 0 Å². The smallest absolute Gasteiger partial charge is 0.0678 e. The maximum atomic E-state index is 5.81. The van der Waals surface area contributed by atoms with Crippen molar-refractivity contribution in [2.24, 2.45) is 0 Å². The first-order valence-electron chi connectivity index (χ1n) is 8.95. The van der Waals surface area contributed by atoms with Crippen molar-refractivity contribution in [3.05, 3.63) is 41.0 Å². The standard InChI is InChI=1S/C21H33NO/c1-7-21(5,6)20-10-8-19(9-11-20)12-16(2)13-22-14-17(3)23-18(4)15-22/h8-12,17-18H,7,13-15H2,1-6H3. The van der Waals surface area contributed by atoms with Crippen molar-refractivity contribution < 1.29 is 4.74 Å². The fourth-order valence-corrected chi connectivity index (χ4v) is 3.33. The number of hydrogen-bond acceptors (Lipinski definition) is 2. The summed E-state index contributed by atoms with van der Waals surface area (Å²) in [5, 5.41) is 0. The van der Waals surface area contributed by atoms with E-state index in [-0.39, 0.29) is 5.41 Å². The summed E-state index contributed by atoms with van der Waals surface area (Å²) in [6, 6.07) is 9.06. The van der Waals surface area contributed by atoms with Gasteiger partial charge in [-0.05, 0) is 43.7 Å². The second kappa shape index (κ2) is 7.63. The summed E-state index contributed by atoms with van der Waals surface area (Å²) in [4.78, 5) is 2.50. The maximum absolute atomic E-state index is 5.81. The van der Waals surface area contributed by atoms with Gasteiger partial charge in [0, 0.05) is 19.6 Å². The first kappa shape index (κ1) is 18.2. The highest BCUT2D eigenvalue weighted by Gasteiger charge is 2.22. The number of hydrogen-bond donors (Lipinski definition) is 0. The largest absolute Gasteiger partial charge is 0.373 e. The molecule has 0 N–H and O–H groups in total. The van der Waals surface area contributed by atoms with Crippen LogP contribution in [0.25, 0.3) is 6.08 Å². The first-order valence-corrected chi connectivity index (χ1v) is 8.95. The lowest BCUT2D eigenvalue weighted by Gasteiger charge is -2.35. The highest BCUT2D eigenvalue weighted by molar-refractivity contribution is 5.53. The van der Waals surface area contributed by atoms with Crippen molar-refractivity contribution in [2.45, 2.75) is 65.6 Å². The summed E-state index contributed by atoms with van der Waals surface area (Å²) >= 11 is 0. The number of rotatable bonds is 5. The highest BCUT2D eigenvalue weighted by atomic mass is 16.5. The van der Waals surface area contributed by atoms with Crippen LogP contribution in [-0.2, 0) is 10.2 Å². The molecule has 2 atom stereocenters. The minimum Gasteiger partial charge on any atom is -0.373 e. The van der Waals surface area contributed by atoms with Gasteiger partial charge in [-0.2, -0.15) is 0 Å². The van der Waals surface area contributed by atoms with E-state index < -0.39 is 0 Å². The predicted octanol–water partition coefficient (Wildman–Crippen LogP) is 4.89. The summed E-state index contributed by atoms with van der Waals surface area (Å²) < 4.78 is 5.81. The zero-order valence-electron chi connectivity index (χ0n) is 15.7. The van der Waals surface area contributed by atoms with Gasteiger partial charge in [0.25, 0.3) is 0 Å². The maximum Gasteiger partial charge on any atom is 0.0678 e. The van der Waals surface area contributed by atoms with E-state index in [0.717, 1.165) is 26.1 Å². The van der Waals surface area contributed by atoms with Gasteiger partial charge in [0.1, 0.15) is 0 Å². The molecule has 2 unspecified atom stereocenters. The Bertz CT molecular complexity index is 519. The van der Waals surface area contributed by atoms with Gasteiger partial charge in [0.05, 0.1) is 12.2 Å². The highest BCUT2D eigenvalue weighted by Crippen LogP contribution is 2.27. The van der Waals surface area contributed by atoms with Crippen LogP contribution in [0.1, 0.15) is 59.1 Å². The van der Waals surface area contributed by atoms with Crippen LogP contribution in [0.2, 0.25) is 0 Å². The normalized spacial score (nSPS) is 24.0. The van der Waals surface area contributed by atoms with E-state index >= 15 is 0 Å². The topological polar surface area (TPSA) is 12.5 Å². The molecule has 0 aromatic heterocycles. The van der Waals surface area contributed by atoms with Gasteiger partial charge in [-0.1, -0.05) is 56.7 Å². The summed E-state index contributed by atoms with van der Waals surface area (Å²) in [7, 11) is 0. The van der Waals surface area contributed by atoms with Gasteiger partial charge < -0.3 is 4.74 Å². The van der Waals surface area contributed by atoms with E-state index in [2.05, 4.69) is 76.8 Å². The van der Waals surface area contributed by atoms with E-state index in [4.69, 9.17) is 4.74 Å². The van der Waals surface area contributed by atoms with Crippen LogP contribution >= 0.6 is 0 Å².